The summed E-state index contributed by atoms with van der Waals surface area (Å²) >= 11 is 5.40. The van der Waals surface area contributed by atoms with E-state index < -0.39 is 0 Å². The van der Waals surface area contributed by atoms with Crippen LogP contribution in [0, 0.1) is 24.5 Å². The normalized spacial score (nSPS) is 14.5. The molecule has 4 rings (SSSR count). The predicted molar refractivity (Wildman–Crippen MR) is 127 cm³/mol. The van der Waals surface area contributed by atoms with Crippen molar-refractivity contribution in [1.82, 2.24) is 19.7 Å². The Morgan fingerprint density at radius 1 is 1.06 bits per heavy atom. The zero-order valence-electron chi connectivity index (χ0n) is 18.5. The summed E-state index contributed by atoms with van der Waals surface area (Å²) in [5.74, 6) is 1.00. The zero-order chi connectivity index (χ0) is 22.7. The highest BCUT2D eigenvalue weighted by atomic mass is 32.1. The molecule has 1 saturated heterocycles. The number of aromatic amines is 1. The van der Waals surface area contributed by atoms with Crippen LogP contribution >= 0.6 is 12.2 Å². The van der Waals surface area contributed by atoms with E-state index in [0.717, 1.165) is 28.1 Å². The molecule has 1 amide bonds. The predicted octanol–water partition coefficient (Wildman–Crippen LogP) is 4.74. The molecule has 0 unspecified atom stereocenters. The number of aromatic nitrogens is 3. The Hall–Kier alpha value is -3.06. The van der Waals surface area contributed by atoms with E-state index in [-0.39, 0.29) is 17.6 Å². The molecule has 1 aliphatic rings. The molecule has 0 radical (unpaired) electrons. The Kier molecular flexibility index (Phi) is 6.65. The number of aryl methyl sites for hydroxylation is 2. The van der Waals surface area contributed by atoms with Crippen LogP contribution in [0.1, 0.15) is 40.7 Å². The summed E-state index contributed by atoms with van der Waals surface area (Å²) in [4.78, 5) is 27.5. The third kappa shape index (κ3) is 4.88. The van der Waals surface area contributed by atoms with Crippen LogP contribution in [0.25, 0.3) is 11.4 Å². The molecule has 0 atom stereocenters. The van der Waals surface area contributed by atoms with Gasteiger partial charge in [-0.3, -0.25) is 19.3 Å². The first-order chi connectivity index (χ1) is 15.4. The number of carbonyl (C=O) groups excluding carboxylic acids is 2. The van der Waals surface area contributed by atoms with Crippen molar-refractivity contribution in [3.05, 3.63) is 70.0 Å². The molecule has 0 spiro atoms. The third-order valence-electron chi connectivity index (χ3n) is 6.14. The molecule has 6 nitrogen and oxygen atoms in total. The Morgan fingerprint density at radius 3 is 2.47 bits per heavy atom. The van der Waals surface area contributed by atoms with Gasteiger partial charge in [-0.15, -0.1) is 0 Å². The highest BCUT2D eigenvalue weighted by Crippen LogP contribution is 2.23. The van der Waals surface area contributed by atoms with Crippen LogP contribution in [0.4, 0.5) is 0 Å². The number of amides is 1. The number of hydrogen-bond acceptors (Lipinski definition) is 4. The number of Topliss-reactive ketones (excluding diaryl/α,β-unsaturated/α-hetero) is 1. The molecule has 0 saturated carbocycles. The number of nitrogens with zero attached hydrogens (tertiary/aromatic N) is 3. The molecule has 2 aromatic carbocycles. The minimum atomic E-state index is -0.0165. The first-order valence-corrected chi connectivity index (χ1v) is 11.4. The number of hydrogen-bond donors (Lipinski definition) is 1. The third-order valence-corrected chi connectivity index (χ3v) is 6.45. The minimum Gasteiger partial charge on any atom is -0.343 e. The number of benzene rings is 2. The highest BCUT2D eigenvalue weighted by molar-refractivity contribution is 7.71. The Morgan fingerprint density at radius 2 is 1.78 bits per heavy atom. The van der Waals surface area contributed by atoms with Gasteiger partial charge in [0.1, 0.15) is 0 Å². The van der Waals surface area contributed by atoms with Gasteiger partial charge >= 0.3 is 0 Å². The average Bonchev–Trinajstić information content (AvgIpc) is 3.18. The quantitative estimate of drug-likeness (QED) is 0.437. The van der Waals surface area contributed by atoms with Crippen LogP contribution in [0.5, 0.6) is 0 Å². The van der Waals surface area contributed by atoms with Crippen LogP contribution < -0.4 is 0 Å². The first-order valence-electron chi connectivity index (χ1n) is 11.0. The van der Waals surface area contributed by atoms with Crippen LogP contribution in [0.15, 0.2) is 48.5 Å². The van der Waals surface area contributed by atoms with Gasteiger partial charge in [0.05, 0.1) is 0 Å². The van der Waals surface area contributed by atoms with Gasteiger partial charge in [0.15, 0.2) is 16.4 Å². The van der Waals surface area contributed by atoms with E-state index in [1.807, 2.05) is 65.8 Å². The van der Waals surface area contributed by atoms with Crippen molar-refractivity contribution in [2.45, 2.75) is 39.7 Å². The molecule has 1 aromatic heterocycles. The van der Waals surface area contributed by atoms with Crippen molar-refractivity contribution in [1.29, 1.82) is 0 Å². The summed E-state index contributed by atoms with van der Waals surface area (Å²) in [5.41, 5.74) is 4.02. The van der Waals surface area contributed by atoms with Crippen LogP contribution in [0.3, 0.4) is 0 Å². The number of carbonyl (C=O) groups is 2. The molecule has 0 bridgehead atoms. The average molecular weight is 449 g/mol. The summed E-state index contributed by atoms with van der Waals surface area (Å²) in [6.07, 6.45) is 1.76. The lowest BCUT2D eigenvalue weighted by Crippen LogP contribution is -2.40. The molecular weight excluding hydrogens is 420 g/mol. The SMILES string of the molecule is Cc1ccc(C(=O)C2CCN(C(=O)CCn3c(-c4cccc(C)c4)n[nH]c3=S)CC2)cc1. The standard InChI is InChI=1S/C25H28N4O2S/c1-17-6-8-19(9-7-17)23(31)20-10-13-28(14-11-20)22(30)12-15-29-24(26-27-25(29)32)21-5-3-4-18(2)16-21/h3-9,16,20H,10-15H2,1-2H3,(H,27,32). The van der Waals surface area contributed by atoms with Gasteiger partial charge in [-0.25, -0.2) is 0 Å². The van der Waals surface area contributed by atoms with E-state index >= 15 is 0 Å². The molecular formula is C25H28N4O2S. The molecule has 7 heteroatoms. The summed E-state index contributed by atoms with van der Waals surface area (Å²) in [6.45, 7) is 5.75. The fourth-order valence-electron chi connectivity index (χ4n) is 4.24. The van der Waals surface area contributed by atoms with E-state index in [2.05, 4.69) is 16.3 Å². The largest absolute Gasteiger partial charge is 0.343 e. The number of rotatable bonds is 6. The lowest BCUT2D eigenvalue weighted by molar-refractivity contribution is -0.132. The lowest BCUT2D eigenvalue weighted by Gasteiger charge is -2.31. The Balaban J connectivity index is 1.34. The number of H-pyrrole nitrogens is 1. The molecule has 2 heterocycles. The molecule has 166 valence electrons. The van der Waals surface area contributed by atoms with Gasteiger partial charge in [-0.05, 0) is 45.0 Å². The van der Waals surface area contributed by atoms with E-state index in [4.69, 9.17) is 12.2 Å². The van der Waals surface area contributed by atoms with Crippen LogP contribution in [-0.4, -0.2) is 44.4 Å². The van der Waals surface area contributed by atoms with E-state index in [1.165, 1.54) is 0 Å². The summed E-state index contributed by atoms with van der Waals surface area (Å²) < 4.78 is 2.40. The van der Waals surface area contributed by atoms with Crippen molar-refractivity contribution >= 4 is 23.9 Å². The maximum absolute atomic E-state index is 12.9. The fourth-order valence-corrected chi connectivity index (χ4v) is 4.46. The molecule has 1 N–H and O–H groups in total. The van der Waals surface area contributed by atoms with Crippen LogP contribution in [-0.2, 0) is 11.3 Å². The van der Waals surface area contributed by atoms with Crippen molar-refractivity contribution in [2.75, 3.05) is 13.1 Å². The Bertz CT molecular complexity index is 1170. The summed E-state index contributed by atoms with van der Waals surface area (Å²) in [5, 5.41) is 7.21. The summed E-state index contributed by atoms with van der Waals surface area (Å²) in [6, 6.07) is 15.8. The van der Waals surface area contributed by atoms with E-state index in [9.17, 15) is 9.59 Å². The van der Waals surface area contributed by atoms with Gasteiger partial charge in [0.2, 0.25) is 5.91 Å². The zero-order valence-corrected chi connectivity index (χ0v) is 19.3. The molecule has 1 fully saturated rings. The van der Waals surface area contributed by atoms with Gasteiger partial charge in [0.25, 0.3) is 0 Å². The lowest BCUT2D eigenvalue weighted by atomic mass is 9.88. The maximum Gasteiger partial charge on any atom is 0.224 e. The number of likely N-dealkylation sites (tertiary alicyclic amines) is 1. The fraction of sp³-hybridized carbons (Fsp3) is 0.360. The first kappa shape index (κ1) is 22.1. The highest BCUT2D eigenvalue weighted by Gasteiger charge is 2.28. The maximum atomic E-state index is 12.9. The number of ketones is 1. The van der Waals surface area contributed by atoms with Crippen molar-refractivity contribution < 1.29 is 9.59 Å². The monoisotopic (exact) mass is 448 g/mol. The molecule has 3 aromatic rings. The molecule has 32 heavy (non-hydrogen) atoms. The van der Waals surface area contributed by atoms with Gasteiger partial charge < -0.3 is 4.90 Å². The van der Waals surface area contributed by atoms with Gasteiger partial charge in [0, 0.05) is 43.1 Å². The van der Waals surface area contributed by atoms with Gasteiger partial charge in [-0.2, -0.15) is 5.10 Å². The van der Waals surface area contributed by atoms with Crippen LogP contribution in [0.2, 0.25) is 0 Å². The van der Waals surface area contributed by atoms with Crippen molar-refractivity contribution in [3.63, 3.8) is 0 Å². The topological polar surface area (TPSA) is 71.0 Å². The van der Waals surface area contributed by atoms with Crippen molar-refractivity contribution in [2.24, 2.45) is 5.92 Å². The van der Waals surface area contributed by atoms with E-state index in [1.54, 1.807) is 0 Å². The molecule has 1 aliphatic heterocycles. The Labute approximate surface area is 193 Å². The van der Waals surface area contributed by atoms with E-state index in [0.29, 0.717) is 43.7 Å². The van der Waals surface area contributed by atoms with Gasteiger partial charge in [-0.1, -0.05) is 53.6 Å². The second-order valence-electron chi connectivity index (χ2n) is 8.51. The number of piperidine rings is 1. The summed E-state index contributed by atoms with van der Waals surface area (Å²) in [7, 11) is 0. The molecule has 0 aliphatic carbocycles. The second-order valence-corrected chi connectivity index (χ2v) is 8.90. The minimum absolute atomic E-state index is 0.0165. The number of nitrogens with one attached hydrogen (secondary N) is 1. The van der Waals surface area contributed by atoms with Crippen molar-refractivity contribution in [3.8, 4) is 11.4 Å². The second kappa shape index (κ2) is 9.61. The smallest absolute Gasteiger partial charge is 0.224 e.